The fraction of sp³-hybridized carbons (Fsp3) is 0.900. The van der Waals surface area contributed by atoms with Crippen LogP contribution in [0.15, 0.2) is 0 Å². The van der Waals surface area contributed by atoms with Crippen LogP contribution in [0.5, 0.6) is 0 Å². The fourth-order valence-electron chi connectivity index (χ4n) is 1.91. The van der Waals surface area contributed by atoms with Gasteiger partial charge in [-0.25, -0.2) is 0 Å². The van der Waals surface area contributed by atoms with Crippen molar-refractivity contribution in [2.45, 2.75) is 31.5 Å². The lowest BCUT2D eigenvalue weighted by Crippen LogP contribution is -2.51. The lowest BCUT2D eigenvalue weighted by Gasteiger charge is -2.31. The van der Waals surface area contributed by atoms with Crippen molar-refractivity contribution in [2.24, 2.45) is 5.73 Å². The Morgan fingerprint density at radius 3 is 2.59 bits per heavy atom. The van der Waals surface area contributed by atoms with Gasteiger partial charge in [0.2, 0.25) is 0 Å². The molecule has 1 atom stereocenters. The number of amides is 1. The van der Waals surface area contributed by atoms with Crippen molar-refractivity contribution in [1.29, 1.82) is 0 Å². The molecule has 0 aromatic carbocycles. The van der Waals surface area contributed by atoms with Crippen LogP contribution in [0.25, 0.3) is 0 Å². The molecule has 7 heteroatoms. The summed E-state index contributed by atoms with van der Waals surface area (Å²) in [6.07, 6.45) is -3.28. The molecule has 1 heterocycles. The number of rotatable bonds is 4. The van der Waals surface area contributed by atoms with Crippen molar-refractivity contribution in [1.82, 2.24) is 4.90 Å². The third-order valence-electron chi connectivity index (χ3n) is 2.73. The van der Waals surface area contributed by atoms with Crippen LogP contribution in [0.2, 0.25) is 0 Å². The Bertz CT molecular complexity index is 275. The van der Waals surface area contributed by atoms with Crippen LogP contribution < -0.4 is 5.73 Å². The van der Waals surface area contributed by atoms with Crippen LogP contribution in [0, 0.1) is 0 Å². The normalized spacial score (nSPS) is 25.0. The zero-order valence-electron chi connectivity index (χ0n) is 9.72. The first-order valence-corrected chi connectivity index (χ1v) is 5.49. The van der Waals surface area contributed by atoms with Crippen LogP contribution in [0.4, 0.5) is 13.2 Å². The molecular weight excluding hydrogens is 237 g/mol. The van der Waals surface area contributed by atoms with Gasteiger partial charge in [0, 0.05) is 19.7 Å². The molecule has 1 rings (SSSR count). The van der Waals surface area contributed by atoms with Crippen molar-refractivity contribution in [3.8, 4) is 0 Å². The Morgan fingerprint density at radius 2 is 2.18 bits per heavy atom. The highest BCUT2D eigenvalue weighted by atomic mass is 19.4. The van der Waals surface area contributed by atoms with Gasteiger partial charge in [-0.15, -0.1) is 0 Å². The van der Waals surface area contributed by atoms with Crippen molar-refractivity contribution in [3.05, 3.63) is 0 Å². The Balaban J connectivity index is 2.72. The van der Waals surface area contributed by atoms with E-state index in [-0.39, 0.29) is 13.1 Å². The second kappa shape index (κ2) is 5.22. The van der Waals surface area contributed by atoms with Gasteiger partial charge < -0.3 is 15.4 Å². The minimum Gasteiger partial charge on any atom is -0.365 e. The molecular formula is C10H17F3N2O2. The first kappa shape index (κ1) is 14.2. The lowest BCUT2D eigenvalue weighted by atomic mass is 10.0. The standard InChI is InChI=1S/C10H17F3N2O2/c1-9(3-2-6-17-9)8(16)15(5-4-14)7-10(11,12)13/h2-7,14H2,1H3. The molecule has 1 aliphatic heterocycles. The number of hydrogen-bond donors (Lipinski definition) is 1. The van der Waals surface area contributed by atoms with E-state index in [0.29, 0.717) is 19.4 Å². The highest BCUT2D eigenvalue weighted by Crippen LogP contribution is 2.28. The van der Waals surface area contributed by atoms with Gasteiger partial charge in [-0.2, -0.15) is 13.2 Å². The molecule has 0 aromatic rings. The van der Waals surface area contributed by atoms with Crippen molar-refractivity contribution >= 4 is 5.91 Å². The molecule has 0 radical (unpaired) electrons. The van der Waals surface area contributed by atoms with Gasteiger partial charge in [0.1, 0.15) is 12.1 Å². The number of carbonyl (C=O) groups is 1. The lowest BCUT2D eigenvalue weighted by molar-refractivity contribution is -0.172. The zero-order valence-corrected chi connectivity index (χ0v) is 9.72. The van der Waals surface area contributed by atoms with E-state index >= 15 is 0 Å². The molecule has 1 fully saturated rings. The molecule has 1 unspecified atom stereocenters. The monoisotopic (exact) mass is 254 g/mol. The molecule has 17 heavy (non-hydrogen) atoms. The first-order valence-electron chi connectivity index (χ1n) is 5.49. The molecule has 4 nitrogen and oxygen atoms in total. The quantitative estimate of drug-likeness (QED) is 0.811. The smallest absolute Gasteiger partial charge is 0.365 e. The topological polar surface area (TPSA) is 55.6 Å². The van der Waals surface area contributed by atoms with E-state index in [0.717, 1.165) is 4.90 Å². The summed E-state index contributed by atoms with van der Waals surface area (Å²) in [6.45, 7) is 0.546. The third-order valence-corrected chi connectivity index (χ3v) is 2.73. The summed E-state index contributed by atoms with van der Waals surface area (Å²) < 4.78 is 42.2. The fourth-order valence-corrected chi connectivity index (χ4v) is 1.91. The maximum absolute atomic E-state index is 12.3. The molecule has 0 aromatic heterocycles. The Morgan fingerprint density at radius 1 is 1.53 bits per heavy atom. The van der Waals surface area contributed by atoms with Crippen LogP contribution >= 0.6 is 0 Å². The maximum atomic E-state index is 12.3. The van der Waals surface area contributed by atoms with E-state index in [2.05, 4.69) is 0 Å². The number of ether oxygens (including phenoxy) is 1. The second-order valence-electron chi connectivity index (χ2n) is 4.31. The Hall–Kier alpha value is -0.820. The summed E-state index contributed by atoms with van der Waals surface area (Å²) in [5.74, 6) is -0.627. The minimum absolute atomic E-state index is 0.00208. The van der Waals surface area contributed by atoms with Gasteiger partial charge in [0.25, 0.3) is 5.91 Å². The SMILES string of the molecule is CC1(C(=O)N(CCN)CC(F)(F)F)CCCO1. The molecule has 0 aliphatic carbocycles. The van der Waals surface area contributed by atoms with Crippen molar-refractivity contribution in [2.75, 3.05) is 26.2 Å². The van der Waals surface area contributed by atoms with E-state index in [1.165, 1.54) is 6.92 Å². The summed E-state index contributed by atoms with van der Waals surface area (Å²) in [5, 5.41) is 0. The summed E-state index contributed by atoms with van der Waals surface area (Å²) in [4.78, 5) is 12.7. The van der Waals surface area contributed by atoms with E-state index in [4.69, 9.17) is 10.5 Å². The van der Waals surface area contributed by atoms with Crippen molar-refractivity contribution < 1.29 is 22.7 Å². The molecule has 100 valence electrons. The van der Waals surface area contributed by atoms with Crippen LogP contribution in [-0.4, -0.2) is 48.8 Å². The van der Waals surface area contributed by atoms with E-state index in [9.17, 15) is 18.0 Å². The van der Waals surface area contributed by atoms with Gasteiger partial charge in [-0.05, 0) is 19.8 Å². The molecule has 2 N–H and O–H groups in total. The average Bonchev–Trinajstić information content (AvgIpc) is 2.63. The molecule has 1 saturated heterocycles. The number of halogens is 3. The predicted molar refractivity (Wildman–Crippen MR) is 55.3 cm³/mol. The summed E-state index contributed by atoms with van der Waals surface area (Å²) in [7, 11) is 0. The minimum atomic E-state index is -4.42. The van der Waals surface area contributed by atoms with E-state index in [1.54, 1.807) is 0 Å². The zero-order chi connectivity index (χ0) is 13.1. The van der Waals surface area contributed by atoms with Gasteiger partial charge in [0.05, 0.1) is 0 Å². The average molecular weight is 254 g/mol. The van der Waals surface area contributed by atoms with Gasteiger partial charge in [-0.3, -0.25) is 4.79 Å². The van der Waals surface area contributed by atoms with Gasteiger partial charge in [0.15, 0.2) is 0 Å². The molecule has 0 spiro atoms. The van der Waals surface area contributed by atoms with Crippen LogP contribution in [0.1, 0.15) is 19.8 Å². The van der Waals surface area contributed by atoms with Crippen molar-refractivity contribution in [3.63, 3.8) is 0 Å². The second-order valence-corrected chi connectivity index (χ2v) is 4.31. The Kier molecular flexibility index (Phi) is 4.37. The van der Waals surface area contributed by atoms with Gasteiger partial charge >= 0.3 is 6.18 Å². The molecule has 0 saturated carbocycles. The highest BCUT2D eigenvalue weighted by Gasteiger charge is 2.43. The van der Waals surface area contributed by atoms with E-state index in [1.807, 2.05) is 0 Å². The highest BCUT2D eigenvalue weighted by molar-refractivity contribution is 5.85. The first-order chi connectivity index (χ1) is 7.78. The number of alkyl halides is 3. The van der Waals surface area contributed by atoms with Gasteiger partial charge in [-0.1, -0.05) is 0 Å². The number of carbonyl (C=O) groups excluding carboxylic acids is 1. The third kappa shape index (κ3) is 3.85. The summed E-state index contributed by atoms with van der Waals surface area (Å²) in [5.41, 5.74) is 4.10. The predicted octanol–water partition coefficient (Wildman–Crippen LogP) is 0.905. The molecule has 1 amide bonds. The van der Waals surface area contributed by atoms with Crippen LogP contribution in [-0.2, 0) is 9.53 Å². The molecule has 0 bridgehead atoms. The largest absolute Gasteiger partial charge is 0.406 e. The molecule has 1 aliphatic rings. The summed E-state index contributed by atoms with van der Waals surface area (Å²) >= 11 is 0. The van der Waals surface area contributed by atoms with Crippen LogP contribution in [0.3, 0.4) is 0 Å². The Labute approximate surface area is 97.9 Å². The summed E-state index contributed by atoms with van der Waals surface area (Å²) in [6, 6.07) is 0. The van der Waals surface area contributed by atoms with E-state index < -0.39 is 24.2 Å². The number of nitrogens with zero attached hydrogens (tertiary/aromatic N) is 1. The number of hydrogen-bond acceptors (Lipinski definition) is 3. The number of nitrogens with two attached hydrogens (primary N) is 1. The maximum Gasteiger partial charge on any atom is 0.406 e.